The Bertz CT molecular complexity index is 248. The highest BCUT2D eigenvalue weighted by Gasteiger charge is 2.13. The average Bonchev–Trinajstić information content (AvgIpc) is 2.58. The summed E-state index contributed by atoms with van der Waals surface area (Å²) in [6.45, 7) is 0. The van der Waals surface area contributed by atoms with Crippen LogP contribution in [0.2, 0.25) is 0 Å². The van der Waals surface area contributed by atoms with E-state index in [0.717, 1.165) is 11.8 Å². The fraction of sp³-hybridized carbons (Fsp3) is 0. The molecule has 0 bridgehead atoms. The lowest BCUT2D eigenvalue weighted by molar-refractivity contribution is 0.289. The summed E-state index contributed by atoms with van der Waals surface area (Å²) in [6.07, 6.45) is 4.19. The predicted octanol–water partition coefficient (Wildman–Crippen LogP) is 1.62. The monoisotopic (exact) mass is 146 g/mol. The van der Waals surface area contributed by atoms with E-state index in [1.54, 1.807) is 12.5 Å². The van der Waals surface area contributed by atoms with Crippen LogP contribution in [0.25, 0.3) is 0 Å². The highest BCUT2D eigenvalue weighted by molar-refractivity contribution is 5.28. The van der Waals surface area contributed by atoms with E-state index >= 15 is 0 Å². The molecule has 1 heterocycles. The minimum atomic E-state index is 0.797. The van der Waals surface area contributed by atoms with Gasteiger partial charge < -0.3 is 10.1 Å². The second-order valence-electron chi connectivity index (χ2n) is 2.26. The van der Waals surface area contributed by atoms with Gasteiger partial charge in [-0.25, -0.2) is 0 Å². The van der Waals surface area contributed by atoms with Crippen LogP contribution in [0.3, 0.4) is 0 Å². The molecule has 0 aliphatic carbocycles. The third-order valence-corrected chi connectivity index (χ3v) is 1.50. The molecule has 1 aromatic carbocycles. The molecule has 0 spiro atoms. The normalized spacial score (nSPS) is 16.0. The highest BCUT2D eigenvalue weighted by atomic mass is 16.5. The first-order chi connectivity index (χ1) is 5.47. The minimum absolute atomic E-state index is 0.797. The molecular weight excluding hydrogens is 138 g/mol. The molecule has 2 heteroatoms. The lowest BCUT2D eigenvalue weighted by atomic mass is 10.2. The molecular formula is C9H8NO. The maximum Gasteiger partial charge on any atom is 0.269 e. The summed E-state index contributed by atoms with van der Waals surface area (Å²) in [7, 11) is 0. The van der Waals surface area contributed by atoms with E-state index in [2.05, 4.69) is 5.32 Å². The standard InChI is InChI=1S/C9H8NO/c1-2-4-8(5-3-1)9-10-6-7-11-9/h1-7,10H. The van der Waals surface area contributed by atoms with Gasteiger partial charge in [-0.3, -0.25) is 0 Å². The Labute approximate surface area is 65.5 Å². The van der Waals surface area contributed by atoms with Crippen molar-refractivity contribution in [2.45, 2.75) is 0 Å². The van der Waals surface area contributed by atoms with Gasteiger partial charge in [0.05, 0.1) is 0 Å². The van der Waals surface area contributed by atoms with Crippen LogP contribution in [0.1, 0.15) is 5.56 Å². The smallest absolute Gasteiger partial charge is 0.269 e. The molecule has 0 saturated heterocycles. The number of nitrogens with one attached hydrogen (secondary N) is 1. The van der Waals surface area contributed by atoms with Crippen LogP contribution in [0.5, 0.6) is 0 Å². The van der Waals surface area contributed by atoms with Gasteiger partial charge in [-0.15, -0.1) is 0 Å². The summed E-state index contributed by atoms with van der Waals surface area (Å²) in [5.74, 6) is 0. The molecule has 1 aliphatic rings. The SMILES string of the molecule is C1=CO[C](c2ccccc2)N1. The molecule has 0 amide bonds. The summed E-state index contributed by atoms with van der Waals surface area (Å²) < 4.78 is 5.16. The molecule has 2 nitrogen and oxygen atoms in total. The van der Waals surface area contributed by atoms with Crippen molar-refractivity contribution in [3.8, 4) is 0 Å². The van der Waals surface area contributed by atoms with Crippen molar-refractivity contribution in [3.63, 3.8) is 0 Å². The molecule has 0 atom stereocenters. The van der Waals surface area contributed by atoms with Crippen LogP contribution in [0.4, 0.5) is 0 Å². The van der Waals surface area contributed by atoms with Gasteiger partial charge in [0.1, 0.15) is 6.26 Å². The topological polar surface area (TPSA) is 21.3 Å². The second kappa shape index (κ2) is 2.66. The van der Waals surface area contributed by atoms with E-state index in [0.29, 0.717) is 0 Å². The molecule has 0 saturated carbocycles. The third kappa shape index (κ3) is 1.19. The summed E-state index contributed by atoms with van der Waals surface area (Å²) in [4.78, 5) is 0. The molecule has 1 radical (unpaired) electrons. The Morgan fingerprint density at radius 2 is 1.91 bits per heavy atom. The Morgan fingerprint density at radius 3 is 2.55 bits per heavy atom. The van der Waals surface area contributed by atoms with E-state index in [1.807, 2.05) is 30.3 Å². The maximum absolute atomic E-state index is 5.16. The summed E-state index contributed by atoms with van der Waals surface area (Å²) in [5, 5.41) is 2.99. The molecule has 55 valence electrons. The van der Waals surface area contributed by atoms with E-state index in [4.69, 9.17) is 4.74 Å². The maximum atomic E-state index is 5.16. The van der Waals surface area contributed by atoms with Crippen molar-refractivity contribution in [1.29, 1.82) is 0 Å². The number of hydrogen-bond donors (Lipinski definition) is 1. The zero-order valence-corrected chi connectivity index (χ0v) is 5.95. The van der Waals surface area contributed by atoms with Crippen LogP contribution in [0.15, 0.2) is 42.8 Å². The van der Waals surface area contributed by atoms with Gasteiger partial charge in [0, 0.05) is 11.8 Å². The van der Waals surface area contributed by atoms with Gasteiger partial charge in [0.2, 0.25) is 0 Å². The van der Waals surface area contributed by atoms with Crippen molar-refractivity contribution in [1.82, 2.24) is 5.32 Å². The number of hydrogen-bond acceptors (Lipinski definition) is 2. The quantitative estimate of drug-likeness (QED) is 0.650. The fourth-order valence-corrected chi connectivity index (χ4v) is 0.987. The Balaban J connectivity index is 2.17. The first-order valence-corrected chi connectivity index (χ1v) is 3.47. The third-order valence-electron chi connectivity index (χ3n) is 1.50. The van der Waals surface area contributed by atoms with Gasteiger partial charge >= 0.3 is 0 Å². The molecule has 0 aromatic heterocycles. The number of rotatable bonds is 1. The molecule has 1 N–H and O–H groups in total. The zero-order valence-electron chi connectivity index (χ0n) is 5.95. The van der Waals surface area contributed by atoms with Gasteiger partial charge in [0.15, 0.2) is 0 Å². The van der Waals surface area contributed by atoms with E-state index in [9.17, 15) is 0 Å². The predicted molar refractivity (Wildman–Crippen MR) is 42.1 cm³/mol. The van der Waals surface area contributed by atoms with Crippen molar-refractivity contribution >= 4 is 0 Å². The summed E-state index contributed by atoms with van der Waals surface area (Å²) >= 11 is 0. The van der Waals surface area contributed by atoms with Crippen LogP contribution in [-0.4, -0.2) is 0 Å². The first kappa shape index (κ1) is 6.28. The van der Waals surface area contributed by atoms with Crippen LogP contribution < -0.4 is 5.32 Å². The van der Waals surface area contributed by atoms with Gasteiger partial charge in [-0.1, -0.05) is 30.3 Å². The van der Waals surface area contributed by atoms with Crippen LogP contribution in [0, 0.1) is 6.23 Å². The summed E-state index contributed by atoms with van der Waals surface area (Å²) in [6, 6.07) is 9.93. The Hall–Kier alpha value is -1.44. The molecule has 11 heavy (non-hydrogen) atoms. The van der Waals surface area contributed by atoms with Crippen molar-refractivity contribution in [3.05, 3.63) is 54.6 Å². The summed E-state index contributed by atoms with van der Waals surface area (Å²) in [5.41, 5.74) is 1.07. The average molecular weight is 146 g/mol. The lowest BCUT2D eigenvalue weighted by Gasteiger charge is -2.07. The van der Waals surface area contributed by atoms with Crippen molar-refractivity contribution in [2.75, 3.05) is 0 Å². The molecule has 2 rings (SSSR count). The highest BCUT2D eigenvalue weighted by Crippen LogP contribution is 2.15. The van der Waals surface area contributed by atoms with Crippen molar-refractivity contribution in [2.24, 2.45) is 0 Å². The minimum Gasteiger partial charge on any atom is -0.463 e. The van der Waals surface area contributed by atoms with Crippen LogP contribution >= 0.6 is 0 Å². The second-order valence-corrected chi connectivity index (χ2v) is 2.26. The fourth-order valence-electron chi connectivity index (χ4n) is 0.987. The number of ether oxygens (including phenoxy) is 1. The van der Waals surface area contributed by atoms with Crippen molar-refractivity contribution < 1.29 is 4.74 Å². The van der Waals surface area contributed by atoms with E-state index < -0.39 is 0 Å². The zero-order chi connectivity index (χ0) is 7.52. The van der Waals surface area contributed by atoms with Crippen LogP contribution in [-0.2, 0) is 4.74 Å². The van der Waals surface area contributed by atoms with Gasteiger partial charge in [0.25, 0.3) is 6.23 Å². The van der Waals surface area contributed by atoms with Gasteiger partial charge in [-0.2, -0.15) is 0 Å². The van der Waals surface area contributed by atoms with E-state index in [1.165, 1.54) is 0 Å². The molecule has 0 unspecified atom stereocenters. The Kier molecular flexibility index (Phi) is 1.52. The first-order valence-electron chi connectivity index (χ1n) is 3.47. The van der Waals surface area contributed by atoms with Gasteiger partial charge in [-0.05, 0) is 0 Å². The lowest BCUT2D eigenvalue weighted by Crippen LogP contribution is -2.11. The molecule has 1 aliphatic heterocycles. The Morgan fingerprint density at radius 1 is 1.09 bits per heavy atom. The largest absolute Gasteiger partial charge is 0.463 e. The molecule has 1 aromatic rings. The molecule has 0 fully saturated rings. The van der Waals surface area contributed by atoms with E-state index in [-0.39, 0.29) is 0 Å². The number of benzene rings is 1.